The summed E-state index contributed by atoms with van der Waals surface area (Å²) in [4.78, 5) is 8.22. The molecular weight excluding hydrogens is 260 g/mol. The van der Waals surface area contributed by atoms with Crippen LogP contribution in [0.15, 0.2) is 23.2 Å². The topological polar surface area (TPSA) is 25.8 Å². The Hall–Kier alpha value is -1.62. The molecule has 2 aromatic heterocycles. The van der Waals surface area contributed by atoms with Crippen molar-refractivity contribution in [2.45, 2.75) is 25.7 Å². The molecule has 0 saturated heterocycles. The molecule has 0 atom stereocenters. The minimum atomic E-state index is 0.901. The van der Waals surface area contributed by atoms with Gasteiger partial charge in [-0.05, 0) is 24.7 Å². The van der Waals surface area contributed by atoms with Gasteiger partial charge in [-0.3, -0.25) is 0 Å². The molecule has 18 heavy (non-hydrogen) atoms. The maximum absolute atomic E-state index is 4.11. The number of rotatable bonds is 3. The first kappa shape index (κ1) is 12.8. The second-order valence-corrected chi connectivity index (χ2v) is 5.27. The van der Waals surface area contributed by atoms with Crippen LogP contribution in [0.5, 0.6) is 0 Å². The van der Waals surface area contributed by atoms with Crippen LogP contribution in [0.4, 0.5) is 0 Å². The van der Waals surface area contributed by atoms with Crippen molar-refractivity contribution in [2.75, 3.05) is 0 Å². The van der Waals surface area contributed by atoms with Crippen molar-refractivity contribution in [1.82, 2.24) is 9.97 Å². The van der Waals surface area contributed by atoms with Crippen molar-refractivity contribution >= 4 is 22.7 Å². The maximum Gasteiger partial charge on any atom is 0.166 e. The summed E-state index contributed by atoms with van der Waals surface area (Å²) in [6.07, 6.45) is 7.57. The highest BCUT2D eigenvalue weighted by Gasteiger charge is 1.88. The molecule has 0 unspecified atom stereocenters. The van der Waals surface area contributed by atoms with Gasteiger partial charge in [-0.25, -0.2) is 9.97 Å². The molecule has 0 radical (unpaired) electrons. The fraction of sp³-hybridized carbons (Fsp3) is 0.286. The summed E-state index contributed by atoms with van der Waals surface area (Å²) < 4.78 is 0. The average molecular weight is 272 g/mol. The van der Waals surface area contributed by atoms with Crippen molar-refractivity contribution in [3.63, 3.8) is 0 Å². The second-order valence-electron chi connectivity index (χ2n) is 3.49. The number of hydrogen-bond acceptors (Lipinski definition) is 4. The van der Waals surface area contributed by atoms with E-state index < -0.39 is 0 Å². The summed E-state index contributed by atoms with van der Waals surface area (Å²) in [6.45, 7) is 0. The number of aromatic nitrogens is 2. The first-order valence-electron chi connectivity index (χ1n) is 5.72. The van der Waals surface area contributed by atoms with Gasteiger partial charge in [-0.1, -0.05) is 11.8 Å². The molecule has 2 heterocycles. The van der Waals surface area contributed by atoms with Gasteiger partial charge < -0.3 is 0 Å². The van der Waals surface area contributed by atoms with Crippen molar-refractivity contribution in [3.05, 3.63) is 33.2 Å². The highest BCUT2D eigenvalue weighted by molar-refractivity contribution is 7.10. The van der Waals surface area contributed by atoms with E-state index in [1.54, 1.807) is 35.1 Å². The summed E-state index contributed by atoms with van der Waals surface area (Å²) in [5.41, 5.74) is 0. The lowest BCUT2D eigenvalue weighted by Gasteiger charge is -1.88. The average Bonchev–Trinajstić information content (AvgIpc) is 3.05. The van der Waals surface area contributed by atoms with Gasteiger partial charge in [-0.15, -0.1) is 22.7 Å². The van der Waals surface area contributed by atoms with E-state index in [1.807, 2.05) is 10.8 Å². The Balaban J connectivity index is 1.59. The standard InChI is InChI=1S/C14H12N2S2/c1(3-5-7-13-15-9-11-17-13)2-4-6-8-14-16-10-12-18-14/h9-12H,1-4H2. The van der Waals surface area contributed by atoms with E-state index >= 15 is 0 Å². The third-order valence-electron chi connectivity index (χ3n) is 2.11. The summed E-state index contributed by atoms with van der Waals surface area (Å²) in [5.74, 6) is 12.4. The first-order valence-corrected chi connectivity index (χ1v) is 7.48. The molecule has 0 aliphatic rings. The molecule has 0 N–H and O–H groups in total. The largest absolute Gasteiger partial charge is 0.236 e. The zero-order chi connectivity index (χ0) is 12.5. The minimum Gasteiger partial charge on any atom is -0.236 e. The van der Waals surface area contributed by atoms with E-state index in [-0.39, 0.29) is 0 Å². The molecule has 0 amide bonds. The number of nitrogens with zero attached hydrogens (tertiary/aromatic N) is 2. The lowest BCUT2D eigenvalue weighted by Crippen LogP contribution is -1.75. The third-order valence-corrected chi connectivity index (χ3v) is 3.49. The Kier molecular flexibility index (Phi) is 5.46. The zero-order valence-electron chi connectivity index (χ0n) is 9.85. The number of thiazole rings is 2. The SMILES string of the molecule is C(#Cc1nccs1)CCCCC#Cc1nccs1. The van der Waals surface area contributed by atoms with E-state index in [1.165, 1.54) is 0 Å². The highest BCUT2D eigenvalue weighted by Crippen LogP contribution is 2.03. The van der Waals surface area contributed by atoms with E-state index in [4.69, 9.17) is 0 Å². The summed E-state index contributed by atoms with van der Waals surface area (Å²) in [6, 6.07) is 0. The van der Waals surface area contributed by atoms with Gasteiger partial charge in [0.05, 0.1) is 0 Å². The van der Waals surface area contributed by atoms with E-state index in [9.17, 15) is 0 Å². The van der Waals surface area contributed by atoms with Crippen LogP contribution in [-0.4, -0.2) is 9.97 Å². The quantitative estimate of drug-likeness (QED) is 0.630. The summed E-state index contributed by atoms with van der Waals surface area (Å²) >= 11 is 3.16. The van der Waals surface area contributed by atoms with Gasteiger partial charge in [0.15, 0.2) is 10.0 Å². The molecule has 0 spiro atoms. The Morgan fingerprint density at radius 1 is 0.833 bits per heavy atom. The van der Waals surface area contributed by atoms with Gasteiger partial charge in [0.1, 0.15) is 0 Å². The van der Waals surface area contributed by atoms with Gasteiger partial charge in [0, 0.05) is 36.0 Å². The number of unbranched alkanes of at least 4 members (excludes halogenated alkanes) is 3. The first-order chi connectivity index (χ1) is 8.95. The van der Waals surface area contributed by atoms with Crippen LogP contribution in [-0.2, 0) is 0 Å². The number of hydrogen-bond donors (Lipinski definition) is 0. The second kappa shape index (κ2) is 7.66. The van der Waals surface area contributed by atoms with Crippen molar-refractivity contribution in [1.29, 1.82) is 0 Å². The van der Waals surface area contributed by atoms with Crippen LogP contribution < -0.4 is 0 Å². The highest BCUT2D eigenvalue weighted by atomic mass is 32.1. The van der Waals surface area contributed by atoms with Gasteiger partial charge in [-0.2, -0.15) is 0 Å². The summed E-state index contributed by atoms with van der Waals surface area (Å²) in [7, 11) is 0. The van der Waals surface area contributed by atoms with Crippen molar-refractivity contribution in [2.24, 2.45) is 0 Å². The van der Waals surface area contributed by atoms with Gasteiger partial charge in [0.2, 0.25) is 0 Å². The minimum absolute atomic E-state index is 0.901. The zero-order valence-corrected chi connectivity index (χ0v) is 11.5. The third kappa shape index (κ3) is 4.71. The van der Waals surface area contributed by atoms with Gasteiger partial charge in [0.25, 0.3) is 0 Å². The predicted molar refractivity (Wildman–Crippen MR) is 76.5 cm³/mol. The van der Waals surface area contributed by atoms with Crippen LogP contribution in [0.25, 0.3) is 0 Å². The van der Waals surface area contributed by atoms with Crippen LogP contribution in [0.2, 0.25) is 0 Å². The molecule has 0 aliphatic heterocycles. The summed E-state index contributed by atoms with van der Waals surface area (Å²) in [5, 5.41) is 5.69. The molecule has 0 aliphatic carbocycles. The fourth-order valence-electron chi connectivity index (χ4n) is 1.27. The molecule has 2 rings (SSSR count). The molecule has 4 heteroatoms. The van der Waals surface area contributed by atoms with Crippen LogP contribution in [0.3, 0.4) is 0 Å². The molecular formula is C14H12N2S2. The van der Waals surface area contributed by atoms with E-state index in [0.717, 1.165) is 35.7 Å². The fourth-order valence-corrected chi connectivity index (χ4v) is 2.28. The molecule has 0 aromatic carbocycles. The normalized spacial score (nSPS) is 9.11. The van der Waals surface area contributed by atoms with Gasteiger partial charge >= 0.3 is 0 Å². The molecule has 0 saturated carbocycles. The van der Waals surface area contributed by atoms with Crippen LogP contribution in [0, 0.1) is 23.7 Å². The monoisotopic (exact) mass is 272 g/mol. The van der Waals surface area contributed by atoms with Crippen LogP contribution in [0.1, 0.15) is 35.7 Å². The Bertz CT molecular complexity index is 509. The Morgan fingerprint density at radius 3 is 1.72 bits per heavy atom. The molecule has 2 aromatic rings. The maximum atomic E-state index is 4.11. The Labute approximate surface area is 115 Å². The smallest absolute Gasteiger partial charge is 0.166 e. The lowest BCUT2D eigenvalue weighted by molar-refractivity contribution is 0.782. The molecule has 0 fully saturated rings. The predicted octanol–water partition coefficient (Wildman–Crippen LogP) is 3.56. The molecule has 2 nitrogen and oxygen atoms in total. The van der Waals surface area contributed by atoms with Crippen LogP contribution >= 0.6 is 22.7 Å². The molecule has 0 bridgehead atoms. The molecule has 90 valence electrons. The van der Waals surface area contributed by atoms with Crippen molar-refractivity contribution in [3.8, 4) is 23.7 Å². The van der Waals surface area contributed by atoms with E-state index in [0.29, 0.717) is 0 Å². The van der Waals surface area contributed by atoms with E-state index in [2.05, 4.69) is 33.6 Å². The van der Waals surface area contributed by atoms with Crippen molar-refractivity contribution < 1.29 is 0 Å². The lowest BCUT2D eigenvalue weighted by atomic mass is 10.2. The Morgan fingerprint density at radius 2 is 1.33 bits per heavy atom.